The number of furan rings is 1. The third-order valence-electron chi connectivity index (χ3n) is 3.83. The van der Waals surface area contributed by atoms with E-state index in [1.165, 1.54) is 23.7 Å². The molecule has 2 heterocycles. The van der Waals surface area contributed by atoms with E-state index in [-0.39, 0.29) is 17.8 Å². The number of aromatic nitrogens is 2. The number of nitrogens with one attached hydrogen (secondary N) is 1. The molecule has 0 saturated carbocycles. The molecule has 0 aliphatic heterocycles. The molecule has 2 N–H and O–H groups in total. The summed E-state index contributed by atoms with van der Waals surface area (Å²) in [5.74, 6) is -0.0392. The van der Waals surface area contributed by atoms with E-state index >= 15 is 0 Å². The molecule has 1 amide bonds. The second kappa shape index (κ2) is 6.52. The van der Waals surface area contributed by atoms with Gasteiger partial charge in [0, 0.05) is 18.0 Å². The van der Waals surface area contributed by atoms with E-state index in [1.54, 1.807) is 37.5 Å². The number of aliphatic hydroxyl groups is 1. The number of aryl methyl sites for hydroxylation is 1. The van der Waals surface area contributed by atoms with Crippen LogP contribution in [0.25, 0.3) is 5.69 Å². The highest BCUT2D eigenvalue weighted by molar-refractivity contribution is 5.94. The van der Waals surface area contributed by atoms with Gasteiger partial charge in [0.2, 0.25) is 0 Å². The van der Waals surface area contributed by atoms with E-state index < -0.39 is 17.3 Å². The molecule has 3 rings (SSSR count). The molecule has 0 aliphatic carbocycles. The van der Waals surface area contributed by atoms with Crippen LogP contribution >= 0.6 is 0 Å². The molecule has 3 aromatic rings. The third-order valence-corrected chi connectivity index (χ3v) is 3.83. The highest BCUT2D eigenvalue weighted by Gasteiger charge is 2.27. The van der Waals surface area contributed by atoms with Crippen molar-refractivity contribution in [3.8, 4) is 5.69 Å². The van der Waals surface area contributed by atoms with Gasteiger partial charge in [0.1, 0.15) is 28.6 Å². The van der Waals surface area contributed by atoms with Gasteiger partial charge in [-0.2, -0.15) is 5.10 Å². The van der Waals surface area contributed by atoms with Crippen LogP contribution in [0.15, 0.2) is 53.2 Å². The van der Waals surface area contributed by atoms with Gasteiger partial charge in [-0.3, -0.25) is 4.79 Å². The number of hydrogen-bond donors (Lipinski definition) is 2. The number of carbonyl (C=O) groups excluding carboxylic acids is 1. The molecule has 0 spiro atoms. The molecule has 6 nitrogen and oxygen atoms in total. The van der Waals surface area contributed by atoms with Crippen molar-refractivity contribution >= 4 is 5.91 Å². The monoisotopic (exact) mass is 343 g/mol. The van der Waals surface area contributed by atoms with Crippen molar-refractivity contribution < 1.29 is 18.7 Å². The van der Waals surface area contributed by atoms with Crippen molar-refractivity contribution in [1.82, 2.24) is 15.1 Å². The molecule has 130 valence electrons. The molecule has 1 atom stereocenters. The summed E-state index contributed by atoms with van der Waals surface area (Å²) in [4.78, 5) is 12.2. The first-order valence-electron chi connectivity index (χ1n) is 7.74. The molecule has 0 radical (unpaired) electrons. The maximum Gasteiger partial charge on any atom is 0.251 e. The molecular weight excluding hydrogens is 325 g/mol. The van der Waals surface area contributed by atoms with E-state index in [1.807, 2.05) is 0 Å². The Kier molecular flexibility index (Phi) is 4.41. The highest BCUT2D eigenvalue weighted by Crippen LogP contribution is 2.22. The predicted octanol–water partition coefficient (Wildman–Crippen LogP) is 2.55. The summed E-state index contributed by atoms with van der Waals surface area (Å²) in [6.07, 6.45) is 3.15. The Hall–Kier alpha value is -2.93. The minimum absolute atomic E-state index is 0.0681. The Morgan fingerprint density at radius 3 is 2.80 bits per heavy atom. The molecule has 2 aromatic heterocycles. The Bertz CT molecular complexity index is 885. The fourth-order valence-corrected chi connectivity index (χ4v) is 2.41. The van der Waals surface area contributed by atoms with Gasteiger partial charge < -0.3 is 14.8 Å². The summed E-state index contributed by atoms with van der Waals surface area (Å²) in [7, 11) is 0. The molecule has 0 aliphatic rings. The lowest BCUT2D eigenvalue weighted by Gasteiger charge is -2.21. The number of rotatable bonds is 5. The first-order chi connectivity index (χ1) is 11.9. The van der Waals surface area contributed by atoms with Crippen molar-refractivity contribution in [2.75, 3.05) is 6.54 Å². The van der Waals surface area contributed by atoms with Gasteiger partial charge >= 0.3 is 0 Å². The summed E-state index contributed by atoms with van der Waals surface area (Å²) in [6, 6.07) is 9.18. The summed E-state index contributed by atoms with van der Waals surface area (Å²) in [5, 5.41) is 17.0. The average molecular weight is 343 g/mol. The smallest absolute Gasteiger partial charge is 0.251 e. The Labute approximate surface area is 143 Å². The van der Waals surface area contributed by atoms with Crippen molar-refractivity contribution in [2.45, 2.75) is 19.4 Å². The van der Waals surface area contributed by atoms with E-state index in [9.17, 15) is 14.3 Å². The number of amides is 1. The van der Waals surface area contributed by atoms with Crippen LogP contribution in [0.3, 0.4) is 0 Å². The zero-order valence-corrected chi connectivity index (χ0v) is 13.9. The molecule has 25 heavy (non-hydrogen) atoms. The molecule has 1 unspecified atom stereocenters. The number of halogens is 1. The maximum absolute atomic E-state index is 14.2. The number of hydrogen-bond acceptors (Lipinski definition) is 4. The summed E-state index contributed by atoms with van der Waals surface area (Å²) >= 11 is 0. The van der Waals surface area contributed by atoms with Crippen LogP contribution in [-0.2, 0) is 5.60 Å². The Morgan fingerprint density at radius 2 is 2.20 bits per heavy atom. The molecular formula is C18H18FN3O3. The number of nitrogens with zero attached hydrogens (tertiary/aromatic N) is 2. The van der Waals surface area contributed by atoms with Crippen molar-refractivity contribution in [1.29, 1.82) is 0 Å². The van der Waals surface area contributed by atoms with Gasteiger partial charge in [-0.15, -0.1) is 0 Å². The molecule has 1 aromatic carbocycles. The zero-order valence-electron chi connectivity index (χ0n) is 13.9. The fraction of sp³-hybridized carbons (Fsp3) is 0.222. The lowest BCUT2D eigenvalue weighted by molar-refractivity contribution is 0.0323. The van der Waals surface area contributed by atoms with E-state index in [0.717, 1.165) is 6.07 Å². The van der Waals surface area contributed by atoms with Crippen LogP contribution in [0.4, 0.5) is 4.39 Å². The third kappa shape index (κ3) is 3.61. The lowest BCUT2D eigenvalue weighted by Crippen LogP contribution is -2.38. The Balaban J connectivity index is 1.70. The van der Waals surface area contributed by atoms with Gasteiger partial charge in [0.15, 0.2) is 0 Å². The molecule has 0 bridgehead atoms. The molecule has 0 fully saturated rings. The number of carbonyl (C=O) groups is 1. The largest absolute Gasteiger partial charge is 0.463 e. The maximum atomic E-state index is 14.2. The summed E-state index contributed by atoms with van der Waals surface area (Å²) in [5.41, 5.74) is -0.961. The molecule has 0 saturated heterocycles. The fourth-order valence-electron chi connectivity index (χ4n) is 2.41. The van der Waals surface area contributed by atoms with Crippen LogP contribution in [0.5, 0.6) is 0 Å². The quantitative estimate of drug-likeness (QED) is 0.746. The second-order valence-electron chi connectivity index (χ2n) is 5.98. The number of benzene rings is 1. The minimum atomic E-state index is -1.36. The van der Waals surface area contributed by atoms with Crippen LogP contribution in [0.2, 0.25) is 0 Å². The van der Waals surface area contributed by atoms with Crippen molar-refractivity contribution in [3.05, 3.63) is 71.7 Å². The van der Waals surface area contributed by atoms with Crippen molar-refractivity contribution in [2.24, 2.45) is 0 Å². The Morgan fingerprint density at radius 1 is 1.40 bits per heavy atom. The van der Waals surface area contributed by atoms with E-state index in [4.69, 9.17) is 4.42 Å². The van der Waals surface area contributed by atoms with Gasteiger partial charge in [-0.1, -0.05) is 0 Å². The summed E-state index contributed by atoms with van der Waals surface area (Å²) < 4.78 is 21.0. The van der Waals surface area contributed by atoms with Gasteiger partial charge in [-0.05, 0) is 50.2 Å². The van der Waals surface area contributed by atoms with Crippen molar-refractivity contribution in [3.63, 3.8) is 0 Å². The standard InChI is InChI=1S/C18H18FN3O3/c1-12-4-7-16(25-12)18(2,24)11-20-17(23)13-5-6-15(14(19)10-13)22-9-3-8-21-22/h3-10,24H,11H2,1-2H3,(H,20,23). The lowest BCUT2D eigenvalue weighted by atomic mass is 10.0. The molecule has 7 heteroatoms. The minimum Gasteiger partial charge on any atom is -0.463 e. The van der Waals surface area contributed by atoms with Crippen LogP contribution in [0, 0.1) is 12.7 Å². The van der Waals surface area contributed by atoms with Gasteiger partial charge in [-0.25, -0.2) is 9.07 Å². The highest BCUT2D eigenvalue weighted by atomic mass is 19.1. The van der Waals surface area contributed by atoms with Crippen LogP contribution in [0.1, 0.15) is 28.8 Å². The summed E-state index contributed by atoms with van der Waals surface area (Å²) in [6.45, 7) is 3.23. The van der Waals surface area contributed by atoms with E-state index in [0.29, 0.717) is 11.5 Å². The zero-order chi connectivity index (χ0) is 18.0. The normalized spacial score (nSPS) is 13.4. The first kappa shape index (κ1) is 16.9. The average Bonchev–Trinajstić information content (AvgIpc) is 3.24. The first-order valence-corrected chi connectivity index (χ1v) is 7.74. The van der Waals surface area contributed by atoms with Crippen LogP contribution < -0.4 is 5.32 Å². The predicted molar refractivity (Wildman–Crippen MR) is 88.9 cm³/mol. The van der Waals surface area contributed by atoms with Crippen LogP contribution in [-0.4, -0.2) is 27.3 Å². The SMILES string of the molecule is Cc1ccc(C(C)(O)CNC(=O)c2ccc(-n3cccn3)c(F)c2)o1. The second-order valence-corrected chi connectivity index (χ2v) is 5.98. The van der Waals surface area contributed by atoms with Gasteiger partial charge in [0.05, 0.1) is 6.54 Å². The topological polar surface area (TPSA) is 80.3 Å². The van der Waals surface area contributed by atoms with Gasteiger partial charge in [0.25, 0.3) is 5.91 Å². The van der Waals surface area contributed by atoms with E-state index in [2.05, 4.69) is 10.4 Å².